The predicted molar refractivity (Wildman–Crippen MR) is 146 cm³/mol. The summed E-state index contributed by atoms with van der Waals surface area (Å²) in [6, 6.07) is 18.0. The Bertz CT molecular complexity index is 1590. The van der Waals surface area contributed by atoms with Gasteiger partial charge in [-0.1, -0.05) is 65.4 Å². The van der Waals surface area contributed by atoms with E-state index in [2.05, 4.69) is 0 Å². The fourth-order valence-electron chi connectivity index (χ4n) is 3.84. The van der Waals surface area contributed by atoms with Crippen molar-refractivity contribution in [3.8, 4) is 17.0 Å². The first-order valence-electron chi connectivity index (χ1n) is 10.4. The maximum Gasteiger partial charge on any atom is 0.296 e. The van der Waals surface area contributed by atoms with Crippen LogP contribution in [-0.4, -0.2) is 19.6 Å². The Kier molecular flexibility index (Phi) is 6.23. The van der Waals surface area contributed by atoms with Crippen LogP contribution in [0.1, 0.15) is 11.5 Å². The molecule has 1 amide bonds. The summed E-state index contributed by atoms with van der Waals surface area (Å²) in [6.07, 6.45) is 1.62. The van der Waals surface area contributed by atoms with Gasteiger partial charge in [0, 0.05) is 18.7 Å². The normalized spacial score (nSPS) is 15.0. The minimum atomic E-state index is -0.376. The predicted octanol–water partition coefficient (Wildman–Crippen LogP) is 6.46. The fraction of sp³-hybridized carbons (Fsp3) is 0.0800. The highest BCUT2D eigenvalue weighted by Gasteiger charge is 2.38. The number of thioether (sulfide) groups is 1. The molecule has 0 unspecified atom stereocenters. The lowest BCUT2D eigenvalue weighted by atomic mass is 10.2. The maximum atomic E-state index is 13.4. The van der Waals surface area contributed by atoms with E-state index in [1.54, 1.807) is 55.1 Å². The number of halogens is 2. The van der Waals surface area contributed by atoms with Crippen molar-refractivity contribution in [2.45, 2.75) is 6.92 Å². The van der Waals surface area contributed by atoms with Gasteiger partial charge in [0.1, 0.15) is 17.2 Å². The SMILES string of the molecule is Cc1c(N2C(=O)/C(=C/c3ccc(-c4ccc(Cl)c(Cl)c4)o3)SC2=S)c(=O)n(-c2ccccc2)n1C. The van der Waals surface area contributed by atoms with Gasteiger partial charge in [-0.25, -0.2) is 4.68 Å². The molecule has 2 aromatic heterocycles. The number of benzene rings is 2. The van der Waals surface area contributed by atoms with Crippen LogP contribution in [0.2, 0.25) is 10.0 Å². The average Bonchev–Trinajstić information content (AvgIpc) is 3.47. The Labute approximate surface area is 220 Å². The van der Waals surface area contributed by atoms with Gasteiger partial charge in [0.05, 0.1) is 26.3 Å². The van der Waals surface area contributed by atoms with E-state index in [9.17, 15) is 9.59 Å². The molecule has 0 spiro atoms. The van der Waals surface area contributed by atoms with Gasteiger partial charge in [-0.15, -0.1) is 0 Å². The molecule has 0 radical (unpaired) electrons. The number of hydrogen-bond donors (Lipinski definition) is 0. The summed E-state index contributed by atoms with van der Waals surface area (Å²) in [5.74, 6) is 0.673. The number of carbonyl (C=O) groups is 1. The molecule has 2 aromatic carbocycles. The molecule has 0 atom stereocenters. The molecular formula is C25H17Cl2N3O3S2. The summed E-state index contributed by atoms with van der Waals surface area (Å²) >= 11 is 18.7. The molecule has 176 valence electrons. The molecular weight excluding hydrogens is 525 g/mol. The first-order valence-corrected chi connectivity index (χ1v) is 12.4. The van der Waals surface area contributed by atoms with Gasteiger partial charge in [0.25, 0.3) is 11.5 Å². The zero-order chi connectivity index (χ0) is 24.9. The lowest BCUT2D eigenvalue weighted by Gasteiger charge is -2.12. The van der Waals surface area contributed by atoms with Crippen molar-refractivity contribution in [1.29, 1.82) is 0 Å². The summed E-state index contributed by atoms with van der Waals surface area (Å²) < 4.78 is 9.42. The van der Waals surface area contributed by atoms with Crippen molar-refractivity contribution in [2.75, 3.05) is 4.90 Å². The third kappa shape index (κ3) is 4.16. The molecule has 10 heteroatoms. The number of thiocarbonyl (C=S) groups is 1. The van der Waals surface area contributed by atoms with Gasteiger partial charge in [-0.2, -0.15) is 0 Å². The topological polar surface area (TPSA) is 60.4 Å². The van der Waals surface area contributed by atoms with Gasteiger partial charge in [-0.05, 0) is 49.4 Å². The number of aromatic nitrogens is 2. The first kappa shape index (κ1) is 23.7. The van der Waals surface area contributed by atoms with Gasteiger partial charge < -0.3 is 4.42 Å². The van der Waals surface area contributed by atoms with Crippen LogP contribution in [0.4, 0.5) is 5.69 Å². The lowest BCUT2D eigenvalue weighted by Crippen LogP contribution is -2.33. The average molecular weight is 542 g/mol. The van der Waals surface area contributed by atoms with E-state index < -0.39 is 0 Å². The van der Waals surface area contributed by atoms with E-state index in [-0.39, 0.29) is 21.5 Å². The smallest absolute Gasteiger partial charge is 0.296 e. The monoisotopic (exact) mass is 541 g/mol. The number of anilines is 1. The van der Waals surface area contributed by atoms with Crippen molar-refractivity contribution in [3.05, 3.63) is 97.4 Å². The number of rotatable bonds is 4. The van der Waals surface area contributed by atoms with Crippen LogP contribution in [0.5, 0.6) is 0 Å². The largest absolute Gasteiger partial charge is 0.457 e. The van der Waals surface area contributed by atoms with Crippen molar-refractivity contribution in [2.24, 2.45) is 7.05 Å². The zero-order valence-electron chi connectivity index (χ0n) is 18.5. The number of amides is 1. The molecule has 0 aliphatic carbocycles. The molecule has 1 saturated heterocycles. The number of furan rings is 1. The van der Waals surface area contributed by atoms with Crippen molar-refractivity contribution in [3.63, 3.8) is 0 Å². The molecule has 4 aromatic rings. The number of carbonyl (C=O) groups excluding carboxylic acids is 1. The molecule has 1 aliphatic rings. The second-order valence-corrected chi connectivity index (χ2v) is 10.2. The maximum absolute atomic E-state index is 13.4. The van der Waals surface area contributed by atoms with E-state index in [4.69, 9.17) is 39.8 Å². The Balaban J connectivity index is 1.49. The molecule has 6 nitrogen and oxygen atoms in total. The minimum Gasteiger partial charge on any atom is -0.457 e. The molecule has 35 heavy (non-hydrogen) atoms. The van der Waals surface area contributed by atoms with Crippen molar-refractivity contribution >= 4 is 69.2 Å². The summed E-state index contributed by atoms with van der Waals surface area (Å²) in [4.78, 5) is 28.4. The highest BCUT2D eigenvalue weighted by atomic mass is 35.5. The first-order chi connectivity index (χ1) is 16.8. The molecule has 1 fully saturated rings. The number of hydrogen-bond acceptors (Lipinski definition) is 5. The van der Waals surface area contributed by atoms with Crippen molar-refractivity contribution < 1.29 is 9.21 Å². The summed E-state index contributed by atoms with van der Waals surface area (Å²) in [6.45, 7) is 1.79. The van der Waals surface area contributed by atoms with Crippen LogP contribution in [-0.2, 0) is 11.8 Å². The van der Waals surface area contributed by atoms with E-state index >= 15 is 0 Å². The minimum absolute atomic E-state index is 0.234. The Morgan fingerprint density at radius 3 is 2.46 bits per heavy atom. The van der Waals surface area contributed by atoms with Crippen LogP contribution in [0.25, 0.3) is 23.1 Å². The lowest BCUT2D eigenvalue weighted by molar-refractivity contribution is -0.113. The third-order valence-corrected chi connectivity index (χ3v) is 7.69. The molecule has 5 rings (SSSR count). The van der Waals surface area contributed by atoms with Crippen LogP contribution in [0.3, 0.4) is 0 Å². The number of para-hydroxylation sites is 1. The van der Waals surface area contributed by atoms with Crippen LogP contribution >= 0.6 is 47.2 Å². The Morgan fingerprint density at radius 2 is 1.74 bits per heavy atom. The summed E-state index contributed by atoms with van der Waals surface area (Å²) in [5, 5.41) is 0.871. The third-order valence-electron chi connectivity index (χ3n) is 5.65. The number of nitrogens with zero attached hydrogens (tertiary/aromatic N) is 3. The quantitative estimate of drug-likeness (QED) is 0.219. The highest BCUT2D eigenvalue weighted by molar-refractivity contribution is 8.27. The molecule has 0 bridgehead atoms. The van der Waals surface area contributed by atoms with Gasteiger partial charge in [0.2, 0.25) is 0 Å². The van der Waals surface area contributed by atoms with E-state index in [0.29, 0.717) is 37.9 Å². The summed E-state index contributed by atoms with van der Waals surface area (Å²) in [7, 11) is 1.77. The van der Waals surface area contributed by atoms with Gasteiger partial charge in [0.15, 0.2) is 4.32 Å². The molecule has 0 saturated carbocycles. The second kappa shape index (κ2) is 9.20. The highest BCUT2D eigenvalue weighted by Crippen LogP contribution is 2.37. The zero-order valence-corrected chi connectivity index (χ0v) is 21.6. The molecule has 1 aliphatic heterocycles. The molecule has 0 N–H and O–H groups in total. The second-order valence-electron chi connectivity index (χ2n) is 7.76. The Hall–Kier alpha value is -3.04. The van der Waals surface area contributed by atoms with E-state index in [1.165, 1.54) is 9.58 Å². The summed E-state index contributed by atoms with van der Waals surface area (Å²) in [5.41, 5.74) is 1.98. The van der Waals surface area contributed by atoms with Crippen LogP contribution in [0, 0.1) is 6.92 Å². The van der Waals surface area contributed by atoms with Crippen LogP contribution < -0.4 is 10.5 Å². The molecule has 3 heterocycles. The Morgan fingerprint density at radius 1 is 1.00 bits per heavy atom. The van der Waals surface area contributed by atoms with Crippen molar-refractivity contribution in [1.82, 2.24) is 9.36 Å². The van der Waals surface area contributed by atoms with E-state index in [0.717, 1.165) is 17.3 Å². The fourth-order valence-corrected chi connectivity index (χ4v) is 5.39. The standard InChI is InChI=1S/C25H17Cl2N3O3S2/c1-14-22(24(32)30(28(14)2)16-6-4-3-5-7-16)29-23(31)21(35-25(29)34)13-17-9-11-20(33-17)15-8-10-18(26)19(27)12-15/h3-13H,1-2H3/b21-13-. The van der Waals surface area contributed by atoms with E-state index in [1.807, 2.05) is 30.3 Å². The van der Waals surface area contributed by atoms with Gasteiger partial charge in [-0.3, -0.25) is 19.2 Å². The van der Waals surface area contributed by atoms with Gasteiger partial charge >= 0.3 is 0 Å². The van der Waals surface area contributed by atoms with Crippen LogP contribution in [0.15, 0.2) is 74.8 Å².